The topological polar surface area (TPSA) is 71.5 Å². The highest BCUT2D eigenvalue weighted by Gasteiger charge is 2.23. The van der Waals surface area contributed by atoms with Crippen molar-refractivity contribution in [2.24, 2.45) is 0 Å². The van der Waals surface area contributed by atoms with Crippen LogP contribution in [0.15, 0.2) is 42.7 Å². The van der Waals surface area contributed by atoms with Crippen molar-refractivity contribution in [1.82, 2.24) is 19.9 Å². The van der Waals surface area contributed by atoms with Gasteiger partial charge < -0.3 is 9.64 Å². The van der Waals surface area contributed by atoms with Crippen molar-refractivity contribution in [1.29, 1.82) is 0 Å². The van der Waals surface area contributed by atoms with Crippen molar-refractivity contribution in [3.63, 3.8) is 0 Å². The summed E-state index contributed by atoms with van der Waals surface area (Å²) in [5.74, 6) is 0.617. The Hall–Kier alpha value is -3.10. The van der Waals surface area contributed by atoms with E-state index in [4.69, 9.17) is 9.72 Å². The van der Waals surface area contributed by atoms with Gasteiger partial charge in [-0.15, -0.1) is 0 Å². The summed E-state index contributed by atoms with van der Waals surface area (Å²) in [6, 6.07) is 9.37. The molecule has 2 aromatic carbocycles. The zero-order valence-electron chi connectivity index (χ0n) is 18.1. The molecule has 1 amide bonds. The molecule has 0 unspecified atom stereocenters. The standard InChI is InChI=1S/C23H25N5O2S/c1-15-6-9-19(30-4)20-21(15)31-23(26-20)28(13-5-12-27(2)3)22(29)16-7-8-17-18(14-16)25-11-10-24-17/h6-11,14H,5,12-13H2,1-4H3. The third kappa shape index (κ3) is 4.35. The van der Waals surface area contributed by atoms with Crippen LogP contribution in [0, 0.1) is 6.92 Å². The van der Waals surface area contributed by atoms with E-state index in [1.807, 2.05) is 39.2 Å². The summed E-state index contributed by atoms with van der Waals surface area (Å²) in [6.07, 6.45) is 4.11. The van der Waals surface area contributed by atoms with E-state index in [9.17, 15) is 4.79 Å². The van der Waals surface area contributed by atoms with Crippen LogP contribution in [0.4, 0.5) is 5.13 Å². The highest BCUT2D eigenvalue weighted by Crippen LogP contribution is 2.37. The number of methoxy groups -OCH3 is 1. The van der Waals surface area contributed by atoms with Gasteiger partial charge in [-0.3, -0.25) is 19.7 Å². The molecule has 0 spiro atoms. The van der Waals surface area contributed by atoms with Crippen LogP contribution in [0.1, 0.15) is 22.3 Å². The average Bonchev–Trinajstić information content (AvgIpc) is 3.22. The van der Waals surface area contributed by atoms with Crippen molar-refractivity contribution < 1.29 is 9.53 Å². The van der Waals surface area contributed by atoms with E-state index >= 15 is 0 Å². The molecule has 4 rings (SSSR count). The fourth-order valence-electron chi connectivity index (χ4n) is 3.46. The Kier molecular flexibility index (Phi) is 6.11. The van der Waals surface area contributed by atoms with E-state index in [1.165, 1.54) is 11.3 Å². The molecule has 0 fully saturated rings. The lowest BCUT2D eigenvalue weighted by molar-refractivity contribution is 0.0986. The fourth-order valence-corrected chi connectivity index (χ4v) is 4.54. The first-order valence-corrected chi connectivity index (χ1v) is 10.9. The van der Waals surface area contributed by atoms with Gasteiger partial charge in [-0.1, -0.05) is 17.4 Å². The minimum atomic E-state index is -0.0954. The SMILES string of the molecule is COc1ccc(C)c2sc(N(CCCN(C)C)C(=O)c3ccc4nccnc4c3)nc12. The predicted molar refractivity (Wildman–Crippen MR) is 125 cm³/mol. The first-order chi connectivity index (χ1) is 15.0. The molecule has 0 atom stereocenters. The highest BCUT2D eigenvalue weighted by molar-refractivity contribution is 7.22. The third-order valence-corrected chi connectivity index (χ3v) is 6.31. The molecule has 4 aromatic rings. The van der Waals surface area contributed by atoms with Crippen LogP contribution in [0.2, 0.25) is 0 Å². The number of fused-ring (bicyclic) bond motifs is 2. The molecular formula is C23H25N5O2S. The van der Waals surface area contributed by atoms with Gasteiger partial charge in [-0.2, -0.15) is 0 Å². The monoisotopic (exact) mass is 435 g/mol. The molecule has 160 valence electrons. The molecule has 0 aliphatic rings. The van der Waals surface area contributed by atoms with Crippen LogP contribution in [0.25, 0.3) is 21.3 Å². The number of hydrogen-bond donors (Lipinski definition) is 0. The van der Waals surface area contributed by atoms with Crippen molar-refractivity contribution in [3.8, 4) is 5.75 Å². The quantitative estimate of drug-likeness (QED) is 0.434. The normalized spacial score (nSPS) is 11.4. The summed E-state index contributed by atoms with van der Waals surface area (Å²) in [5.41, 5.74) is 3.93. The van der Waals surface area contributed by atoms with Gasteiger partial charge in [-0.25, -0.2) is 4.98 Å². The van der Waals surface area contributed by atoms with Gasteiger partial charge in [0.05, 0.1) is 22.8 Å². The van der Waals surface area contributed by atoms with Gasteiger partial charge >= 0.3 is 0 Å². The minimum absolute atomic E-state index is 0.0954. The summed E-state index contributed by atoms with van der Waals surface area (Å²) in [5, 5.41) is 0.672. The van der Waals surface area contributed by atoms with Crippen molar-refractivity contribution in [2.45, 2.75) is 13.3 Å². The van der Waals surface area contributed by atoms with Crippen LogP contribution >= 0.6 is 11.3 Å². The molecule has 2 aromatic heterocycles. The van der Waals surface area contributed by atoms with E-state index < -0.39 is 0 Å². The Bertz CT molecular complexity index is 1240. The predicted octanol–water partition coefficient (Wildman–Crippen LogP) is 4.16. The Labute approximate surface area is 185 Å². The highest BCUT2D eigenvalue weighted by atomic mass is 32.1. The number of thiazole rings is 1. The van der Waals surface area contributed by atoms with E-state index in [2.05, 4.69) is 14.9 Å². The number of rotatable bonds is 7. The smallest absolute Gasteiger partial charge is 0.260 e. The number of ether oxygens (including phenoxy) is 1. The first-order valence-electron chi connectivity index (χ1n) is 10.1. The summed E-state index contributed by atoms with van der Waals surface area (Å²) in [4.78, 5) is 30.9. The number of carbonyl (C=O) groups excluding carboxylic acids is 1. The van der Waals surface area contributed by atoms with E-state index in [0.717, 1.165) is 34.3 Å². The third-order valence-electron chi connectivity index (χ3n) is 5.09. The molecule has 0 saturated heterocycles. The molecular weight excluding hydrogens is 410 g/mol. The Morgan fingerprint density at radius 1 is 1.06 bits per heavy atom. The maximum atomic E-state index is 13.6. The number of aromatic nitrogens is 3. The van der Waals surface area contributed by atoms with E-state index in [0.29, 0.717) is 28.5 Å². The van der Waals surface area contributed by atoms with Gasteiger partial charge in [-0.05, 0) is 63.8 Å². The van der Waals surface area contributed by atoms with Gasteiger partial charge in [0.15, 0.2) is 5.13 Å². The number of amides is 1. The van der Waals surface area contributed by atoms with Crippen LogP contribution < -0.4 is 9.64 Å². The molecule has 0 radical (unpaired) electrons. The van der Waals surface area contributed by atoms with Crippen LogP contribution in [-0.4, -0.2) is 60.1 Å². The van der Waals surface area contributed by atoms with E-state index in [1.54, 1.807) is 36.5 Å². The maximum Gasteiger partial charge on any atom is 0.260 e. The van der Waals surface area contributed by atoms with Crippen LogP contribution in [-0.2, 0) is 0 Å². The van der Waals surface area contributed by atoms with Crippen molar-refractivity contribution in [3.05, 3.63) is 53.9 Å². The average molecular weight is 436 g/mol. The largest absolute Gasteiger partial charge is 0.494 e. The second-order valence-corrected chi connectivity index (χ2v) is 8.61. The van der Waals surface area contributed by atoms with Gasteiger partial charge in [0.2, 0.25) is 0 Å². The Morgan fingerprint density at radius 2 is 1.84 bits per heavy atom. The second-order valence-electron chi connectivity index (χ2n) is 7.63. The lowest BCUT2D eigenvalue weighted by Gasteiger charge is -2.21. The summed E-state index contributed by atoms with van der Waals surface area (Å²) >= 11 is 1.52. The maximum absolute atomic E-state index is 13.6. The number of nitrogens with zero attached hydrogens (tertiary/aromatic N) is 5. The van der Waals surface area contributed by atoms with E-state index in [-0.39, 0.29) is 5.91 Å². The Morgan fingerprint density at radius 3 is 2.58 bits per heavy atom. The molecule has 31 heavy (non-hydrogen) atoms. The van der Waals surface area contributed by atoms with Gasteiger partial charge in [0, 0.05) is 24.5 Å². The molecule has 2 heterocycles. The van der Waals surface area contributed by atoms with Crippen molar-refractivity contribution >= 4 is 43.6 Å². The molecule has 7 nitrogen and oxygen atoms in total. The first kappa shape index (κ1) is 21.1. The molecule has 0 N–H and O–H groups in total. The fraction of sp³-hybridized carbons (Fsp3) is 0.304. The van der Waals surface area contributed by atoms with Gasteiger partial charge in [0.25, 0.3) is 5.91 Å². The number of benzene rings is 2. The molecule has 0 aliphatic carbocycles. The zero-order valence-corrected chi connectivity index (χ0v) is 18.9. The number of anilines is 1. The zero-order chi connectivity index (χ0) is 22.0. The van der Waals surface area contributed by atoms with Crippen LogP contribution in [0.5, 0.6) is 5.75 Å². The number of carbonyl (C=O) groups is 1. The van der Waals surface area contributed by atoms with Gasteiger partial charge in [0.1, 0.15) is 11.3 Å². The molecule has 0 saturated carbocycles. The molecule has 0 aliphatic heterocycles. The van der Waals surface area contributed by atoms with Crippen LogP contribution in [0.3, 0.4) is 0 Å². The summed E-state index contributed by atoms with van der Waals surface area (Å²) in [6.45, 7) is 3.49. The summed E-state index contributed by atoms with van der Waals surface area (Å²) in [7, 11) is 5.69. The lowest BCUT2D eigenvalue weighted by atomic mass is 10.1. The number of aryl methyl sites for hydroxylation is 1. The summed E-state index contributed by atoms with van der Waals surface area (Å²) < 4.78 is 6.53. The lowest BCUT2D eigenvalue weighted by Crippen LogP contribution is -2.33. The molecule has 0 bridgehead atoms. The minimum Gasteiger partial charge on any atom is -0.494 e. The second kappa shape index (κ2) is 8.95. The molecule has 8 heteroatoms. The number of hydrogen-bond acceptors (Lipinski definition) is 7. The Balaban J connectivity index is 1.75. The van der Waals surface area contributed by atoms with Crippen molar-refractivity contribution in [2.75, 3.05) is 39.2 Å².